The molecule has 15 heavy (non-hydrogen) atoms. The van der Waals surface area contributed by atoms with Gasteiger partial charge in [0.2, 0.25) is 5.91 Å². The Kier molecular flexibility index (Phi) is 5.51. The average Bonchev–Trinajstić information content (AvgIpc) is 2.39. The molecule has 2 nitrogen and oxygen atoms in total. The van der Waals surface area contributed by atoms with Crippen molar-refractivity contribution in [2.75, 3.05) is 18.8 Å². The molecule has 1 aliphatic rings. The zero-order chi connectivity index (χ0) is 11.3. The van der Waals surface area contributed by atoms with Crippen LogP contribution in [0.15, 0.2) is 0 Å². The van der Waals surface area contributed by atoms with E-state index < -0.39 is 0 Å². The van der Waals surface area contributed by atoms with Crippen molar-refractivity contribution in [3.05, 3.63) is 0 Å². The van der Waals surface area contributed by atoms with Crippen molar-refractivity contribution in [2.45, 2.75) is 39.5 Å². The van der Waals surface area contributed by atoms with Crippen molar-refractivity contribution < 1.29 is 4.79 Å². The summed E-state index contributed by atoms with van der Waals surface area (Å²) < 4.78 is 0. The highest BCUT2D eigenvalue weighted by atomic mass is 32.1. The van der Waals surface area contributed by atoms with E-state index >= 15 is 0 Å². The molecule has 0 aromatic carbocycles. The molecule has 1 heterocycles. The summed E-state index contributed by atoms with van der Waals surface area (Å²) >= 11 is 4.37. The molecule has 1 atom stereocenters. The smallest absolute Gasteiger partial charge is 0.222 e. The quantitative estimate of drug-likeness (QED) is 0.735. The molecule has 0 aromatic rings. The van der Waals surface area contributed by atoms with Gasteiger partial charge in [-0.05, 0) is 30.4 Å². The van der Waals surface area contributed by atoms with E-state index in [1.165, 1.54) is 12.8 Å². The summed E-state index contributed by atoms with van der Waals surface area (Å²) in [6.45, 7) is 6.28. The maximum absolute atomic E-state index is 11.8. The molecule has 3 heteroatoms. The van der Waals surface area contributed by atoms with Crippen molar-refractivity contribution in [3.8, 4) is 0 Å². The van der Waals surface area contributed by atoms with Crippen LogP contribution in [0.2, 0.25) is 0 Å². The Hall–Kier alpha value is -0.180. The van der Waals surface area contributed by atoms with Crippen LogP contribution in [-0.4, -0.2) is 29.6 Å². The molecule has 0 N–H and O–H groups in total. The van der Waals surface area contributed by atoms with E-state index in [1.807, 2.05) is 4.90 Å². The van der Waals surface area contributed by atoms with Crippen LogP contribution in [0.4, 0.5) is 0 Å². The van der Waals surface area contributed by atoms with Crippen molar-refractivity contribution in [1.29, 1.82) is 0 Å². The first-order valence-electron chi connectivity index (χ1n) is 6.03. The van der Waals surface area contributed by atoms with Gasteiger partial charge in [-0.25, -0.2) is 0 Å². The summed E-state index contributed by atoms with van der Waals surface area (Å²) in [6.07, 6.45) is 4.19. The summed E-state index contributed by atoms with van der Waals surface area (Å²) in [5, 5.41) is 0. The molecule has 1 fully saturated rings. The Morgan fingerprint density at radius 2 is 2.07 bits per heavy atom. The molecule has 1 aliphatic heterocycles. The van der Waals surface area contributed by atoms with Crippen LogP contribution in [-0.2, 0) is 4.79 Å². The standard InChI is InChI=1S/C12H23NOS/c1-10(2)11(9-15)8-13-7-5-3-4-6-12(13)14/h10-11,15H,3-9H2,1-2H3. The first kappa shape index (κ1) is 12.9. The molecule has 1 saturated heterocycles. The predicted octanol–water partition coefficient (Wildman–Crippen LogP) is 2.59. The molecule has 1 unspecified atom stereocenters. The minimum atomic E-state index is 0.347. The Morgan fingerprint density at radius 3 is 2.67 bits per heavy atom. The van der Waals surface area contributed by atoms with Gasteiger partial charge in [0.15, 0.2) is 0 Å². The highest BCUT2D eigenvalue weighted by Crippen LogP contribution is 2.18. The molecular formula is C12H23NOS. The number of likely N-dealkylation sites (tertiary alicyclic amines) is 1. The summed E-state index contributed by atoms with van der Waals surface area (Å²) in [5.74, 6) is 2.37. The first-order chi connectivity index (χ1) is 7.15. The number of nitrogens with zero attached hydrogens (tertiary/aromatic N) is 1. The van der Waals surface area contributed by atoms with E-state index in [-0.39, 0.29) is 0 Å². The van der Waals surface area contributed by atoms with Crippen LogP contribution in [0, 0.1) is 11.8 Å². The Labute approximate surface area is 98.8 Å². The van der Waals surface area contributed by atoms with Crippen LogP contribution in [0.5, 0.6) is 0 Å². The van der Waals surface area contributed by atoms with E-state index in [9.17, 15) is 4.79 Å². The number of hydrogen-bond acceptors (Lipinski definition) is 2. The van der Waals surface area contributed by atoms with Crippen LogP contribution in [0.25, 0.3) is 0 Å². The first-order valence-corrected chi connectivity index (χ1v) is 6.67. The van der Waals surface area contributed by atoms with E-state index in [4.69, 9.17) is 0 Å². The molecule has 0 radical (unpaired) electrons. The molecule has 1 rings (SSSR count). The monoisotopic (exact) mass is 229 g/mol. The van der Waals surface area contributed by atoms with E-state index in [0.717, 1.165) is 31.7 Å². The summed E-state index contributed by atoms with van der Waals surface area (Å²) in [4.78, 5) is 13.8. The molecule has 0 spiro atoms. The largest absolute Gasteiger partial charge is 0.342 e. The Balaban J connectivity index is 2.49. The minimum Gasteiger partial charge on any atom is -0.342 e. The molecule has 88 valence electrons. The lowest BCUT2D eigenvalue weighted by molar-refractivity contribution is -0.131. The summed E-state index contributed by atoms with van der Waals surface area (Å²) in [7, 11) is 0. The molecule has 0 bridgehead atoms. The van der Waals surface area contributed by atoms with E-state index in [1.54, 1.807) is 0 Å². The van der Waals surface area contributed by atoms with Gasteiger partial charge in [-0.1, -0.05) is 20.3 Å². The second-order valence-corrected chi connectivity index (χ2v) is 5.20. The molecule has 0 saturated carbocycles. The van der Waals surface area contributed by atoms with Gasteiger partial charge in [0.25, 0.3) is 0 Å². The highest BCUT2D eigenvalue weighted by molar-refractivity contribution is 7.80. The SMILES string of the molecule is CC(C)C(CS)CN1CCCCCC1=O. The van der Waals surface area contributed by atoms with Gasteiger partial charge >= 0.3 is 0 Å². The van der Waals surface area contributed by atoms with Crippen molar-refractivity contribution in [2.24, 2.45) is 11.8 Å². The fourth-order valence-corrected chi connectivity index (χ4v) is 2.53. The van der Waals surface area contributed by atoms with Gasteiger partial charge in [-0.3, -0.25) is 4.79 Å². The third kappa shape index (κ3) is 4.06. The van der Waals surface area contributed by atoms with Crippen LogP contribution >= 0.6 is 12.6 Å². The predicted molar refractivity (Wildman–Crippen MR) is 67.2 cm³/mol. The van der Waals surface area contributed by atoms with Crippen LogP contribution in [0.1, 0.15) is 39.5 Å². The third-order valence-corrected chi connectivity index (χ3v) is 3.77. The molecule has 0 aliphatic carbocycles. The fourth-order valence-electron chi connectivity index (χ4n) is 1.99. The van der Waals surface area contributed by atoms with E-state index in [0.29, 0.717) is 17.7 Å². The molecule has 1 amide bonds. The highest BCUT2D eigenvalue weighted by Gasteiger charge is 2.21. The normalized spacial score (nSPS) is 20.5. The number of thiol groups is 1. The summed E-state index contributed by atoms with van der Waals surface area (Å²) in [6, 6.07) is 0. The maximum Gasteiger partial charge on any atom is 0.222 e. The maximum atomic E-state index is 11.8. The fraction of sp³-hybridized carbons (Fsp3) is 0.917. The average molecular weight is 229 g/mol. The second kappa shape index (κ2) is 6.41. The lowest BCUT2D eigenvalue weighted by Crippen LogP contribution is -2.37. The van der Waals surface area contributed by atoms with Gasteiger partial charge in [0.1, 0.15) is 0 Å². The number of rotatable bonds is 4. The molecule has 0 aromatic heterocycles. The zero-order valence-corrected chi connectivity index (χ0v) is 10.8. The van der Waals surface area contributed by atoms with E-state index in [2.05, 4.69) is 26.5 Å². The van der Waals surface area contributed by atoms with Crippen molar-refractivity contribution >= 4 is 18.5 Å². The number of carbonyl (C=O) groups is 1. The zero-order valence-electron chi connectivity index (χ0n) is 9.91. The minimum absolute atomic E-state index is 0.347. The van der Waals surface area contributed by atoms with Crippen LogP contribution < -0.4 is 0 Å². The van der Waals surface area contributed by atoms with Gasteiger partial charge in [-0.2, -0.15) is 12.6 Å². The van der Waals surface area contributed by atoms with Crippen molar-refractivity contribution in [1.82, 2.24) is 4.90 Å². The van der Waals surface area contributed by atoms with Crippen molar-refractivity contribution in [3.63, 3.8) is 0 Å². The van der Waals surface area contributed by atoms with Gasteiger partial charge in [0, 0.05) is 19.5 Å². The third-order valence-electron chi connectivity index (χ3n) is 3.30. The topological polar surface area (TPSA) is 20.3 Å². The Morgan fingerprint density at radius 1 is 1.33 bits per heavy atom. The van der Waals surface area contributed by atoms with Gasteiger partial charge in [0.05, 0.1) is 0 Å². The number of carbonyl (C=O) groups excluding carboxylic acids is 1. The lowest BCUT2D eigenvalue weighted by Gasteiger charge is -2.27. The van der Waals surface area contributed by atoms with Gasteiger partial charge < -0.3 is 4.90 Å². The van der Waals surface area contributed by atoms with Crippen LogP contribution in [0.3, 0.4) is 0 Å². The number of amides is 1. The lowest BCUT2D eigenvalue weighted by atomic mass is 9.97. The van der Waals surface area contributed by atoms with Gasteiger partial charge in [-0.15, -0.1) is 0 Å². The Bertz CT molecular complexity index is 206. The molecular weight excluding hydrogens is 206 g/mol. The second-order valence-electron chi connectivity index (χ2n) is 4.84. The summed E-state index contributed by atoms with van der Waals surface area (Å²) in [5.41, 5.74) is 0. The number of hydrogen-bond donors (Lipinski definition) is 1.